The van der Waals surface area contributed by atoms with Gasteiger partial charge in [-0.2, -0.15) is 5.10 Å². The first-order chi connectivity index (χ1) is 7.68. The van der Waals surface area contributed by atoms with Crippen LogP contribution in [0.4, 0.5) is 5.82 Å². The van der Waals surface area contributed by atoms with Gasteiger partial charge in [-0.3, -0.25) is 4.79 Å². The average Bonchev–Trinajstić information content (AvgIpc) is 2.86. The second-order valence-corrected chi connectivity index (χ2v) is 4.39. The lowest BCUT2D eigenvalue weighted by molar-refractivity contribution is -0.117. The van der Waals surface area contributed by atoms with E-state index in [0.717, 1.165) is 25.2 Å². The molecule has 1 aromatic rings. The fraction of sp³-hybridized carbons (Fsp3) is 0.636. The Balaban J connectivity index is 2.02. The van der Waals surface area contributed by atoms with Gasteiger partial charge in [0.15, 0.2) is 0 Å². The van der Waals surface area contributed by atoms with Crippen LogP contribution in [-0.4, -0.2) is 28.3 Å². The average molecular weight is 222 g/mol. The minimum absolute atomic E-state index is 0.0416. The molecule has 0 saturated carbocycles. The molecule has 1 amide bonds. The van der Waals surface area contributed by atoms with Crippen molar-refractivity contribution in [1.29, 1.82) is 0 Å². The first-order valence-electron chi connectivity index (χ1n) is 5.76. The third-order valence-electron chi connectivity index (χ3n) is 2.79. The van der Waals surface area contributed by atoms with E-state index in [1.807, 2.05) is 24.6 Å². The van der Waals surface area contributed by atoms with Gasteiger partial charge in [0.05, 0.1) is 12.2 Å². The molecule has 1 aromatic heterocycles. The van der Waals surface area contributed by atoms with Crippen molar-refractivity contribution in [3.63, 3.8) is 0 Å². The molecule has 0 spiro atoms. The van der Waals surface area contributed by atoms with Gasteiger partial charge in [-0.05, 0) is 33.2 Å². The van der Waals surface area contributed by atoms with Gasteiger partial charge in [0.1, 0.15) is 5.82 Å². The molecule has 1 saturated heterocycles. The highest BCUT2D eigenvalue weighted by Crippen LogP contribution is 2.14. The first kappa shape index (κ1) is 11.1. The van der Waals surface area contributed by atoms with Crippen LogP contribution in [0.15, 0.2) is 12.3 Å². The number of rotatable bonds is 3. The molecule has 2 heterocycles. The van der Waals surface area contributed by atoms with E-state index >= 15 is 0 Å². The molecule has 2 N–H and O–H groups in total. The lowest BCUT2D eigenvalue weighted by Crippen LogP contribution is -2.36. The number of nitrogens with one attached hydrogen (secondary N) is 2. The van der Waals surface area contributed by atoms with Crippen LogP contribution in [0.1, 0.15) is 32.7 Å². The summed E-state index contributed by atoms with van der Waals surface area (Å²) in [6.07, 6.45) is 3.70. The van der Waals surface area contributed by atoms with Crippen LogP contribution < -0.4 is 10.6 Å². The van der Waals surface area contributed by atoms with Gasteiger partial charge < -0.3 is 10.6 Å². The van der Waals surface area contributed by atoms with Crippen LogP contribution in [0.25, 0.3) is 0 Å². The molecule has 1 fully saturated rings. The first-order valence-corrected chi connectivity index (χ1v) is 5.76. The number of aromatic nitrogens is 2. The van der Waals surface area contributed by atoms with E-state index in [0.29, 0.717) is 0 Å². The van der Waals surface area contributed by atoms with E-state index in [2.05, 4.69) is 15.7 Å². The standard InChI is InChI=1S/C11H18N4O/c1-8(2)15-10(5-7-13-15)14-11(16)9-4-3-6-12-9/h5,7-9,12H,3-4,6H2,1-2H3,(H,14,16). The van der Waals surface area contributed by atoms with E-state index in [1.165, 1.54) is 0 Å². The maximum absolute atomic E-state index is 11.9. The van der Waals surface area contributed by atoms with E-state index in [9.17, 15) is 4.79 Å². The van der Waals surface area contributed by atoms with E-state index in [-0.39, 0.29) is 18.0 Å². The van der Waals surface area contributed by atoms with Crippen molar-refractivity contribution < 1.29 is 4.79 Å². The predicted octanol–water partition coefficient (Wildman–Crippen LogP) is 1.15. The molecule has 5 nitrogen and oxygen atoms in total. The quantitative estimate of drug-likeness (QED) is 0.806. The van der Waals surface area contributed by atoms with E-state index in [4.69, 9.17) is 0 Å². The zero-order valence-corrected chi connectivity index (χ0v) is 9.73. The second-order valence-electron chi connectivity index (χ2n) is 4.39. The monoisotopic (exact) mass is 222 g/mol. The van der Waals surface area contributed by atoms with Crippen molar-refractivity contribution in [3.05, 3.63) is 12.3 Å². The summed E-state index contributed by atoms with van der Waals surface area (Å²) >= 11 is 0. The minimum atomic E-state index is -0.0458. The van der Waals surface area contributed by atoms with Crippen LogP contribution in [0.2, 0.25) is 0 Å². The van der Waals surface area contributed by atoms with Crippen molar-refractivity contribution in [1.82, 2.24) is 15.1 Å². The van der Waals surface area contributed by atoms with Gasteiger partial charge in [0.25, 0.3) is 0 Å². The van der Waals surface area contributed by atoms with Gasteiger partial charge in [-0.1, -0.05) is 0 Å². The van der Waals surface area contributed by atoms with Gasteiger partial charge >= 0.3 is 0 Å². The molecule has 88 valence electrons. The van der Waals surface area contributed by atoms with Crippen LogP contribution in [0.5, 0.6) is 0 Å². The van der Waals surface area contributed by atoms with Gasteiger partial charge in [-0.15, -0.1) is 0 Å². The Hall–Kier alpha value is -1.36. The molecular formula is C11H18N4O. The third-order valence-corrected chi connectivity index (χ3v) is 2.79. The fourth-order valence-electron chi connectivity index (χ4n) is 1.95. The number of amides is 1. The smallest absolute Gasteiger partial charge is 0.242 e. The SMILES string of the molecule is CC(C)n1nccc1NC(=O)C1CCCN1. The molecule has 1 atom stereocenters. The van der Waals surface area contributed by atoms with Gasteiger partial charge in [0.2, 0.25) is 5.91 Å². The van der Waals surface area contributed by atoms with Crippen molar-refractivity contribution >= 4 is 11.7 Å². The second kappa shape index (κ2) is 4.65. The van der Waals surface area contributed by atoms with Crippen LogP contribution in [0.3, 0.4) is 0 Å². The molecule has 1 aliphatic rings. The Morgan fingerprint density at radius 3 is 3.12 bits per heavy atom. The van der Waals surface area contributed by atoms with Crippen molar-refractivity contribution in [2.45, 2.75) is 38.8 Å². The lowest BCUT2D eigenvalue weighted by Gasteiger charge is -2.14. The highest BCUT2D eigenvalue weighted by atomic mass is 16.2. The number of carbonyl (C=O) groups excluding carboxylic acids is 1. The topological polar surface area (TPSA) is 59.0 Å². The fourth-order valence-corrected chi connectivity index (χ4v) is 1.95. The molecule has 5 heteroatoms. The molecule has 1 unspecified atom stereocenters. The number of anilines is 1. The normalized spacial score (nSPS) is 20.3. The maximum atomic E-state index is 11.9. The molecule has 0 radical (unpaired) electrons. The molecule has 0 bridgehead atoms. The molecule has 16 heavy (non-hydrogen) atoms. The van der Waals surface area contributed by atoms with Gasteiger partial charge in [-0.25, -0.2) is 4.68 Å². The van der Waals surface area contributed by atoms with Gasteiger partial charge in [0, 0.05) is 12.1 Å². The Labute approximate surface area is 95.2 Å². The largest absolute Gasteiger partial charge is 0.310 e. The maximum Gasteiger partial charge on any atom is 0.242 e. The van der Waals surface area contributed by atoms with Crippen LogP contribution in [0, 0.1) is 0 Å². The summed E-state index contributed by atoms with van der Waals surface area (Å²) in [6.45, 7) is 5.01. The van der Waals surface area contributed by atoms with Crippen molar-refractivity contribution in [3.8, 4) is 0 Å². The molecular weight excluding hydrogens is 204 g/mol. The summed E-state index contributed by atoms with van der Waals surface area (Å²) in [7, 11) is 0. The third kappa shape index (κ3) is 2.24. The number of carbonyl (C=O) groups is 1. The summed E-state index contributed by atoms with van der Waals surface area (Å²) in [5.74, 6) is 0.814. The van der Waals surface area contributed by atoms with Crippen molar-refractivity contribution in [2.24, 2.45) is 0 Å². The van der Waals surface area contributed by atoms with Crippen molar-refractivity contribution in [2.75, 3.05) is 11.9 Å². The summed E-state index contributed by atoms with van der Waals surface area (Å²) < 4.78 is 1.81. The van der Waals surface area contributed by atoms with Crippen LogP contribution >= 0.6 is 0 Å². The zero-order valence-electron chi connectivity index (χ0n) is 9.73. The van der Waals surface area contributed by atoms with E-state index in [1.54, 1.807) is 6.20 Å². The highest BCUT2D eigenvalue weighted by molar-refractivity contribution is 5.94. The summed E-state index contributed by atoms with van der Waals surface area (Å²) in [4.78, 5) is 11.9. The number of nitrogens with zero attached hydrogens (tertiary/aromatic N) is 2. The number of hydrogen-bond donors (Lipinski definition) is 2. The molecule has 1 aliphatic heterocycles. The zero-order chi connectivity index (χ0) is 11.5. The minimum Gasteiger partial charge on any atom is -0.310 e. The van der Waals surface area contributed by atoms with Crippen LogP contribution in [-0.2, 0) is 4.79 Å². The Kier molecular flexibility index (Phi) is 3.24. The highest BCUT2D eigenvalue weighted by Gasteiger charge is 2.22. The Morgan fingerprint density at radius 1 is 1.69 bits per heavy atom. The summed E-state index contributed by atoms with van der Waals surface area (Å²) in [6, 6.07) is 2.03. The molecule has 0 aliphatic carbocycles. The van der Waals surface area contributed by atoms with E-state index < -0.39 is 0 Å². The molecule has 2 rings (SSSR count). The number of hydrogen-bond acceptors (Lipinski definition) is 3. The summed E-state index contributed by atoms with van der Waals surface area (Å²) in [5.41, 5.74) is 0. The Bertz CT molecular complexity index is 366. The summed E-state index contributed by atoms with van der Waals surface area (Å²) in [5, 5.41) is 10.3. The lowest BCUT2D eigenvalue weighted by atomic mass is 10.2. The predicted molar refractivity (Wildman–Crippen MR) is 62.3 cm³/mol. The Morgan fingerprint density at radius 2 is 2.50 bits per heavy atom. The molecule has 0 aromatic carbocycles.